The van der Waals surface area contributed by atoms with Gasteiger partial charge in [0.2, 0.25) is 0 Å². The quantitative estimate of drug-likeness (QED) is 0.803. The van der Waals surface area contributed by atoms with Crippen LogP contribution in [-0.4, -0.2) is 60.2 Å². The van der Waals surface area contributed by atoms with Gasteiger partial charge in [0.25, 0.3) is 0 Å². The van der Waals surface area contributed by atoms with Crippen molar-refractivity contribution < 1.29 is 14.6 Å². The van der Waals surface area contributed by atoms with E-state index in [-0.39, 0.29) is 11.5 Å². The highest BCUT2D eigenvalue weighted by Gasteiger charge is 2.53. The lowest BCUT2D eigenvalue weighted by Crippen LogP contribution is -2.46. The van der Waals surface area contributed by atoms with Crippen molar-refractivity contribution in [3.8, 4) is 0 Å². The van der Waals surface area contributed by atoms with Gasteiger partial charge in [-0.1, -0.05) is 0 Å². The first-order chi connectivity index (χ1) is 8.62. The molecule has 0 aromatic heterocycles. The Balaban J connectivity index is 2.77. The zero-order chi connectivity index (χ0) is 14.8. The zero-order valence-electron chi connectivity index (χ0n) is 13.6. The van der Waals surface area contributed by atoms with Crippen LogP contribution in [-0.2, 0) is 9.47 Å². The molecule has 4 heteroatoms. The molecule has 1 fully saturated rings. The molecule has 1 saturated heterocycles. The third-order valence-corrected chi connectivity index (χ3v) is 4.26. The molecular weight excluding hydrogens is 242 g/mol. The summed E-state index contributed by atoms with van der Waals surface area (Å²) in [6, 6.07) is 0.432. The third-order valence-electron chi connectivity index (χ3n) is 4.26. The summed E-state index contributed by atoms with van der Waals surface area (Å²) in [6.45, 7) is 14.9. The highest BCUT2D eigenvalue weighted by atomic mass is 16.5. The van der Waals surface area contributed by atoms with Crippen LogP contribution in [0.3, 0.4) is 0 Å². The first kappa shape index (κ1) is 16.9. The average molecular weight is 273 g/mol. The molecule has 0 radical (unpaired) electrons. The van der Waals surface area contributed by atoms with Crippen LogP contribution in [0.15, 0.2) is 0 Å². The Kier molecular flexibility index (Phi) is 5.41. The summed E-state index contributed by atoms with van der Waals surface area (Å²) in [5.41, 5.74) is -0.777. The van der Waals surface area contributed by atoms with Gasteiger partial charge >= 0.3 is 0 Å². The maximum atomic E-state index is 10.5. The molecule has 4 nitrogen and oxygen atoms in total. The number of aliphatic hydroxyl groups is 1. The molecule has 1 heterocycles. The molecular formula is C15H31NO3. The van der Waals surface area contributed by atoms with E-state index in [9.17, 15) is 5.11 Å². The SMILES string of the molecule is COCCN(CC1C(O)C(C)(C)OC1(C)C)C(C)C. The molecule has 0 aliphatic carbocycles. The van der Waals surface area contributed by atoms with Crippen molar-refractivity contribution >= 4 is 0 Å². The van der Waals surface area contributed by atoms with Crippen molar-refractivity contribution in [3.63, 3.8) is 0 Å². The number of rotatable bonds is 6. The summed E-state index contributed by atoms with van der Waals surface area (Å²) in [7, 11) is 1.72. The van der Waals surface area contributed by atoms with Crippen LogP contribution in [0.4, 0.5) is 0 Å². The van der Waals surface area contributed by atoms with Gasteiger partial charge in [-0.2, -0.15) is 0 Å². The predicted octanol–water partition coefficient (Wildman–Crippen LogP) is 1.91. The van der Waals surface area contributed by atoms with Crippen LogP contribution < -0.4 is 0 Å². The Bertz CT molecular complexity index is 289. The van der Waals surface area contributed by atoms with Gasteiger partial charge < -0.3 is 14.6 Å². The summed E-state index contributed by atoms with van der Waals surface area (Å²) < 4.78 is 11.2. The van der Waals surface area contributed by atoms with Crippen molar-refractivity contribution in [3.05, 3.63) is 0 Å². The van der Waals surface area contributed by atoms with E-state index in [1.807, 2.05) is 13.8 Å². The fourth-order valence-corrected chi connectivity index (χ4v) is 3.02. The predicted molar refractivity (Wildman–Crippen MR) is 77.3 cm³/mol. The van der Waals surface area contributed by atoms with Gasteiger partial charge in [-0.25, -0.2) is 0 Å². The van der Waals surface area contributed by atoms with Gasteiger partial charge in [0.15, 0.2) is 0 Å². The Morgan fingerprint density at radius 1 is 1.21 bits per heavy atom. The van der Waals surface area contributed by atoms with Crippen molar-refractivity contribution in [2.45, 2.75) is 64.9 Å². The van der Waals surface area contributed by atoms with Crippen LogP contribution in [0, 0.1) is 5.92 Å². The molecule has 1 aliphatic heterocycles. The van der Waals surface area contributed by atoms with E-state index in [0.29, 0.717) is 12.6 Å². The smallest absolute Gasteiger partial charge is 0.0896 e. The van der Waals surface area contributed by atoms with Crippen LogP contribution in [0.25, 0.3) is 0 Å². The van der Waals surface area contributed by atoms with Gasteiger partial charge in [0.1, 0.15) is 0 Å². The lowest BCUT2D eigenvalue weighted by atomic mass is 9.84. The van der Waals surface area contributed by atoms with Gasteiger partial charge in [-0.3, -0.25) is 4.90 Å². The fourth-order valence-electron chi connectivity index (χ4n) is 3.02. The van der Waals surface area contributed by atoms with E-state index in [2.05, 4.69) is 32.6 Å². The molecule has 0 aromatic rings. The van der Waals surface area contributed by atoms with E-state index in [1.54, 1.807) is 7.11 Å². The molecule has 0 amide bonds. The van der Waals surface area contributed by atoms with Crippen LogP contribution in [0.5, 0.6) is 0 Å². The largest absolute Gasteiger partial charge is 0.390 e. The second-order valence-corrected chi connectivity index (χ2v) is 6.94. The summed E-state index contributed by atoms with van der Waals surface area (Å²) >= 11 is 0. The average Bonchev–Trinajstić information content (AvgIpc) is 2.40. The summed E-state index contributed by atoms with van der Waals surface area (Å²) in [4.78, 5) is 2.35. The first-order valence-electron chi connectivity index (χ1n) is 7.23. The summed E-state index contributed by atoms with van der Waals surface area (Å²) in [5, 5.41) is 10.5. The molecule has 0 aromatic carbocycles. The Hall–Kier alpha value is -0.160. The maximum Gasteiger partial charge on any atom is 0.0896 e. The minimum atomic E-state index is -0.474. The normalized spacial score (nSPS) is 29.4. The lowest BCUT2D eigenvalue weighted by molar-refractivity contribution is -0.0915. The van der Waals surface area contributed by atoms with E-state index < -0.39 is 11.7 Å². The van der Waals surface area contributed by atoms with Gasteiger partial charge in [-0.05, 0) is 41.5 Å². The van der Waals surface area contributed by atoms with E-state index >= 15 is 0 Å². The van der Waals surface area contributed by atoms with Crippen molar-refractivity contribution in [1.29, 1.82) is 0 Å². The molecule has 0 bridgehead atoms. The Labute approximate surface area is 118 Å². The monoisotopic (exact) mass is 273 g/mol. The first-order valence-corrected chi connectivity index (χ1v) is 7.23. The number of nitrogens with zero attached hydrogens (tertiary/aromatic N) is 1. The van der Waals surface area contributed by atoms with E-state index in [1.165, 1.54) is 0 Å². The second-order valence-electron chi connectivity index (χ2n) is 6.94. The zero-order valence-corrected chi connectivity index (χ0v) is 13.6. The second kappa shape index (κ2) is 6.08. The van der Waals surface area contributed by atoms with Gasteiger partial charge in [0.05, 0.1) is 23.9 Å². The van der Waals surface area contributed by atoms with E-state index in [0.717, 1.165) is 13.1 Å². The van der Waals surface area contributed by atoms with Gasteiger partial charge in [0, 0.05) is 32.2 Å². The summed E-state index contributed by atoms with van der Waals surface area (Å²) in [6.07, 6.45) is -0.439. The Morgan fingerprint density at radius 2 is 1.79 bits per heavy atom. The molecule has 114 valence electrons. The topological polar surface area (TPSA) is 41.9 Å². The van der Waals surface area contributed by atoms with E-state index in [4.69, 9.17) is 9.47 Å². The number of ether oxygens (including phenoxy) is 2. The number of hydrogen-bond donors (Lipinski definition) is 1. The van der Waals surface area contributed by atoms with Crippen LogP contribution >= 0.6 is 0 Å². The molecule has 1 N–H and O–H groups in total. The highest BCUT2D eigenvalue weighted by molar-refractivity contribution is 5.02. The molecule has 2 atom stereocenters. The van der Waals surface area contributed by atoms with Crippen LogP contribution in [0.1, 0.15) is 41.5 Å². The number of hydrogen-bond acceptors (Lipinski definition) is 4. The minimum Gasteiger partial charge on any atom is -0.390 e. The molecule has 1 rings (SSSR count). The molecule has 1 aliphatic rings. The molecule has 19 heavy (non-hydrogen) atoms. The lowest BCUT2D eigenvalue weighted by Gasteiger charge is -2.34. The standard InChI is InChI=1S/C15H31NO3/c1-11(2)16(8-9-18-7)10-12-13(17)15(5,6)19-14(12,3)4/h11-13,17H,8-10H2,1-7H3. The van der Waals surface area contributed by atoms with Crippen LogP contribution in [0.2, 0.25) is 0 Å². The fraction of sp³-hybridized carbons (Fsp3) is 1.00. The third kappa shape index (κ3) is 3.91. The van der Waals surface area contributed by atoms with Crippen molar-refractivity contribution in [1.82, 2.24) is 4.90 Å². The maximum absolute atomic E-state index is 10.5. The van der Waals surface area contributed by atoms with Crippen molar-refractivity contribution in [2.75, 3.05) is 26.8 Å². The number of aliphatic hydroxyl groups excluding tert-OH is 1. The summed E-state index contributed by atoms with van der Waals surface area (Å²) in [5.74, 6) is 0.113. The number of methoxy groups -OCH3 is 1. The molecule has 2 unspecified atom stereocenters. The Morgan fingerprint density at radius 3 is 2.16 bits per heavy atom. The van der Waals surface area contributed by atoms with Gasteiger partial charge in [-0.15, -0.1) is 0 Å². The molecule has 0 saturated carbocycles. The highest BCUT2D eigenvalue weighted by Crippen LogP contribution is 2.42. The van der Waals surface area contributed by atoms with Crippen molar-refractivity contribution in [2.24, 2.45) is 5.92 Å². The minimum absolute atomic E-state index is 0.113. The molecule has 0 spiro atoms.